The van der Waals surface area contributed by atoms with E-state index in [1.54, 1.807) is 6.92 Å². The van der Waals surface area contributed by atoms with Crippen molar-refractivity contribution in [2.45, 2.75) is 51.5 Å². The van der Waals surface area contributed by atoms with E-state index >= 15 is 0 Å². The molecule has 2 atom stereocenters. The van der Waals surface area contributed by atoms with Gasteiger partial charge in [-0.25, -0.2) is 4.79 Å². The molecule has 0 N–H and O–H groups in total. The predicted octanol–water partition coefficient (Wildman–Crippen LogP) is 3.24. The number of ether oxygens (including phenoxy) is 1. The van der Waals surface area contributed by atoms with Crippen LogP contribution in [0.4, 0.5) is 5.69 Å². The van der Waals surface area contributed by atoms with Crippen molar-refractivity contribution in [1.29, 1.82) is 0 Å². The number of aryl methyl sites for hydroxylation is 1. The first-order chi connectivity index (χ1) is 12.5. The minimum Gasteiger partial charge on any atom is -0.452 e. The fraction of sp³-hybridized carbons (Fsp3) is 0.579. The van der Waals surface area contributed by atoms with Crippen LogP contribution >= 0.6 is 0 Å². The molecular formula is C19H24N2O5. The van der Waals surface area contributed by atoms with E-state index in [-0.39, 0.29) is 29.8 Å². The quantitative estimate of drug-likeness (QED) is 0.467. The van der Waals surface area contributed by atoms with Crippen LogP contribution in [0.15, 0.2) is 18.2 Å². The highest BCUT2D eigenvalue weighted by atomic mass is 16.6. The summed E-state index contributed by atoms with van der Waals surface area (Å²) in [6.45, 7) is 2.02. The summed E-state index contributed by atoms with van der Waals surface area (Å²) in [6, 6.07) is 4.34. The van der Waals surface area contributed by atoms with Crippen molar-refractivity contribution >= 4 is 17.6 Å². The number of nitro groups is 1. The maximum absolute atomic E-state index is 12.6. The minimum atomic E-state index is -0.631. The SMILES string of the molecule is Cc1cc(C(=O)OCC(=O)N2CCC[C@@H]3CCCC[C@H]32)ccc1[N+](=O)[O-]. The van der Waals surface area contributed by atoms with Crippen LogP contribution in [-0.2, 0) is 9.53 Å². The second-order valence-electron chi connectivity index (χ2n) is 7.18. The number of hydrogen-bond donors (Lipinski definition) is 0. The van der Waals surface area contributed by atoms with Gasteiger partial charge < -0.3 is 9.64 Å². The molecule has 3 rings (SSSR count). The third-order valence-electron chi connectivity index (χ3n) is 5.52. The van der Waals surface area contributed by atoms with Gasteiger partial charge in [0.1, 0.15) is 0 Å². The summed E-state index contributed by atoms with van der Waals surface area (Å²) in [4.78, 5) is 37.0. The molecular weight excluding hydrogens is 336 g/mol. The zero-order valence-corrected chi connectivity index (χ0v) is 15.0. The number of hydrogen-bond acceptors (Lipinski definition) is 5. The summed E-state index contributed by atoms with van der Waals surface area (Å²) in [5, 5.41) is 10.8. The van der Waals surface area contributed by atoms with Crippen molar-refractivity contribution in [3.8, 4) is 0 Å². The second-order valence-corrected chi connectivity index (χ2v) is 7.18. The number of benzene rings is 1. The first-order valence-corrected chi connectivity index (χ1v) is 9.19. The van der Waals surface area contributed by atoms with Crippen LogP contribution in [0.2, 0.25) is 0 Å². The largest absolute Gasteiger partial charge is 0.452 e. The average molecular weight is 360 g/mol. The highest BCUT2D eigenvalue weighted by Gasteiger charge is 2.35. The van der Waals surface area contributed by atoms with Gasteiger partial charge in [0.15, 0.2) is 6.61 Å². The minimum absolute atomic E-state index is 0.0470. The van der Waals surface area contributed by atoms with Gasteiger partial charge in [0.05, 0.1) is 10.5 Å². The first kappa shape index (κ1) is 18.4. The monoisotopic (exact) mass is 360 g/mol. The molecule has 1 aliphatic heterocycles. The number of piperidine rings is 1. The molecule has 1 saturated carbocycles. The Hall–Kier alpha value is -2.44. The zero-order chi connectivity index (χ0) is 18.7. The molecule has 0 spiro atoms. The van der Waals surface area contributed by atoms with E-state index in [0.717, 1.165) is 25.8 Å². The Labute approximate surface area is 152 Å². The Kier molecular flexibility index (Phi) is 5.54. The zero-order valence-electron chi connectivity index (χ0n) is 15.0. The lowest BCUT2D eigenvalue weighted by Crippen LogP contribution is -2.50. The first-order valence-electron chi connectivity index (χ1n) is 9.19. The molecule has 140 valence electrons. The summed E-state index contributed by atoms with van der Waals surface area (Å²) in [5.74, 6) is -0.198. The summed E-state index contributed by atoms with van der Waals surface area (Å²) in [6.07, 6.45) is 6.77. The molecule has 1 heterocycles. The molecule has 7 nitrogen and oxygen atoms in total. The highest BCUT2D eigenvalue weighted by molar-refractivity contribution is 5.92. The van der Waals surface area contributed by atoms with Crippen LogP contribution < -0.4 is 0 Å². The Bertz CT molecular complexity index is 716. The maximum Gasteiger partial charge on any atom is 0.338 e. The van der Waals surface area contributed by atoms with Gasteiger partial charge in [0.2, 0.25) is 0 Å². The van der Waals surface area contributed by atoms with Gasteiger partial charge in [-0.2, -0.15) is 0 Å². The molecule has 26 heavy (non-hydrogen) atoms. The molecule has 1 aliphatic carbocycles. The van der Waals surface area contributed by atoms with Crippen molar-refractivity contribution in [3.63, 3.8) is 0 Å². The number of amides is 1. The second kappa shape index (κ2) is 7.85. The third-order valence-corrected chi connectivity index (χ3v) is 5.52. The number of esters is 1. The number of likely N-dealkylation sites (tertiary alicyclic amines) is 1. The topological polar surface area (TPSA) is 89.8 Å². The van der Waals surface area contributed by atoms with E-state index in [2.05, 4.69) is 0 Å². The lowest BCUT2D eigenvalue weighted by Gasteiger charge is -2.44. The number of fused-ring (bicyclic) bond motifs is 1. The van der Waals surface area contributed by atoms with Crippen molar-refractivity contribution in [1.82, 2.24) is 4.90 Å². The number of nitrogens with zero attached hydrogens (tertiary/aromatic N) is 2. The van der Waals surface area contributed by atoms with Crippen LogP contribution in [-0.4, -0.2) is 40.9 Å². The van der Waals surface area contributed by atoms with Gasteiger partial charge in [-0.05, 0) is 50.7 Å². The molecule has 0 aromatic heterocycles. The van der Waals surface area contributed by atoms with Crippen LogP contribution in [0.5, 0.6) is 0 Å². The lowest BCUT2D eigenvalue weighted by molar-refractivity contribution is -0.385. The Morgan fingerprint density at radius 3 is 2.69 bits per heavy atom. The van der Waals surface area contributed by atoms with Gasteiger partial charge in [0.25, 0.3) is 11.6 Å². The lowest BCUT2D eigenvalue weighted by atomic mass is 9.78. The highest BCUT2D eigenvalue weighted by Crippen LogP contribution is 2.35. The normalized spacial score (nSPS) is 22.4. The van der Waals surface area contributed by atoms with Crippen LogP contribution in [0, 0.1) is 23.0 Å². The Balaban J connectivity index is 1.59. The third kappa shape index (κ3) is 3.86. The van der Waals surface area contributed by atoms with E-state index in [4.69, 9.17) is 4.74 Å². The van der Waals surface area contributed by atoms with Gasteiger partial charge in [-0.15, -0.1) is 0 Å². The van der Waals surface area contributed by atoms with E-state index in [9.17, 15) is 19.7 Å². The molecule has 0 unspecified atom stereocenters. The number of rotatable bonds is 4. The molecule has 1 aromatic carbocycles. The molecule has 1 saturated heterocycles. The molecule has 2 fully saturated rings. The van der Waals surface area contributed by atoms with E-state index < -0.39 is 10.9 Å². The van der Waals surface area contributed by atoms with Crippen molar-refractivity contribution in [3.05, 3.63) is 39.4 Å². The molecule has 2 aliphatic rings. The Morgan fingerprint density at radius 2 is 1.96 bits per heavy atom. The van der Waals surface area contributed by atoms with Crippen molar-refractivity contribution < 1.29 is 19.2 Å². The smallest absolute Gasteiger partial charge is 0.338 e. The number of carbonyl (C=O) groups is 2. The molecule has 0 bridgehead atoms. The molecule has 0 radical (unpaired) electrons. The van der Waals surface area contributed by atoms with Gasteiger partial charge in [0, 0.05) is 24.2 Å². The summed E-state index contributed by atoms with van der Waals surface area (Å²) < 4.78 is 5.18. The summed E-state index contributed by atoms with van der Waals surface area (Å²) in [7, 11) is 0. The summed E-state index contributed by atoms with van der Waals surface area (Å²) >= 11 is 0. The van der Waals surface area contributed by atoms with Crippen molar-refractivity contribution in [2.75, 3.05) is 13.2 Å². The van der Waals surface area contributed by atoms with E-state index in [1.807, 2.05) is 4.90 Å². The van der Waals surface area contributed by atoms with Crippen LogP contribution in [0.25, 0.3) is 0 Å². The Morgan fingerprint density at radius 1 is 1.23 bits per heavy atom. The summed E-state index contributed by atoms with van der Waals surface area (Å²) in [5.41, 5.74) is 0.557. The number of nitro benzene ring substituents is 1. The van der Waals surface area contributed by atoms with Crippen LogP contribution in [0.3, 0.4) is 0 Å². The fourth-order valence-electron chi connectivity index (χ4n) is 4.22. The van der Waals surface area contributed by atoms with Gasteiger partial charge in [-0.1, -0.05) is 12.8 Å². The fourth-order valence-corrected chi connectivity index (χ4v) is 4.22. The number of carbonyl (C=O) groups excluding carboxylic acids is 2. The van der Waals surface area contributed by atoms with Gasteiger partial charge in [-0.3, -0.25) is 14.9 Å². The molecule has 7 heteroatoms. The molecule has 1 amide bonds. The van der Waals surface area contributed by atoms with Crippen LogP contribution in [0.1, 0.15) is 54.4 Å². The average Bonchev–Trinajstić information content (AvgIpc) is 2.65. The van der Waals surface area contributed by atoms with E-state index in [0.29, 0.717) is 11.5 Å². The van der Waals surface area contributed by atoms with Crippen molar-refractivity contribution in [2.24, 2.45) is 5.92 Å². The maximum atomic E-state index is 12.6. The standard InChI is InChI=1S/C19H24N2O5/c1-13-11-15(8-9-16(13)21(24)25)19(23)26-12-18(22)20-10-4-6-14-5-2-3-7-17(14)20/h8-9,11,14,17H,2-7,10,12H2,1H3/t14-,17+/m0/s1. The molecule has 1 aromatic rings. The van der Waals surface area contributed by atoms with E-state index in [1.165, 1.54) is 37.5 Å². The predicted molar refractivity (Wildman–Crippen MR) is 94.8 cm³/mol. The van der Waals surface area contributed by atoms with Gasteiger partial charge >= 0.3 is 5.97 Å².